The molecule has 0 fully saturated rings. The number of fused-ring (bicyclic) bond motifs is 1. The lowest BCUT2D eigenvalue weighted by atomic mass is 10.1. The Hall–Kier alpha value is -2.10. The molecule has 0 amide bonds. The number of methoxy groups -OCH3 is 1. The summed E-state index contributed by atoms with van der Waals surface area (Å²) in [5.74, 6) is 2.53. The van der Waals surface area contributed by atoms with Gasteiger partial charge in [0.1, 0.15) is 19.0 Å². The summed E-state index contributed by atoms with van der Waals surface area (Å²) in [4.78, 5) is 13.6. The molecule has 0 radical (unpaired) electrons. The van der Waals surface area contributed by atoms with Gasteiger partial charge in [0, 0.05) is 32.2 Å². The van der Waals surface area contributed by atoms with E-state index in [4.69, 9.17) is 14.0 Å². The minimum atomic E-state index is 0.330. The van der Waals surface area contributed by atoms with Crippen LogP contribution >= 0.6 is 0 Å². The second-order valence-corrected chi connectivity index (χ2v) is 5.69. The van der Waals surface area contributed by atoms with E-state index in [2.05, 4.69) is 30.7 Å². The number of anilines is 1. The van der Waals surface area contributed by atoms with Crippen LogP contribution in [0.5, 0.6) is 0 Å². The molecule has 2 aromatic rings. The number of hydrogen-bond donors (Lipinski definition) is 2. The maximum absolute atomic E-state index is 5.47. The van der Waals surface area contributed by atoms with Gasteiger partial charge in [-0.2, -0.15) is 4.98 Å². The molecule has 9 heteroatoms. The minimum Gasteiger partial charge on any atom is -0.377 e. The molecular formula is C16H24N6O3. The van der Waals surface area contributed by atoms with Gasteiger partial charge in [-0.05, 0) is 19.9 Å². The van der Waals surface area contributed by atoms with Gasteiger partial charge in [0.05, 0.1) is 12.2 Å². The first-order chi connectivity index (χ1) is 12.3. The van der Waals surface area contributed by atoms with Crippen molar-refractivity contribution in [2.75, 3.05) is 32.1 Å². The van der Waals surface area contributed by atoms with E-state index in [1.165, 1.54) is 0 Å². The Bertz CT molecular complexity index is 691. The molecule has 0 unspecified atom stereocenters. The van der Waals surface area contributed by atoms with E-state index in [9.17, 15) is 0 Å². The van der Waals surface area contributed by atoms with Crippen molar-refractivity contribution in [3.05, 3.63) is 28.8 Å². The molecule has 0 aliphatic carbocycles. The number of hydrogen-bond acceptors (Lipinski definition) is 9. The van der Waals surface area contributed by atoms with Gasteiger partial charge in [0.15, 0.2) is 11.6 Å². The molecule has 0 aromatic carbocycles. The topological polar surface area (TPSA) is 107 Å². The summed E-state index contributed by atoms with van der Waals surface area (Å²) in [5, 5.41) is 10.6. The number of ether oxygens (including phenoxy) is 2. The van der Waals surface area contributed by atoms with Crippen molar-refractivity contribution in [1.29, 1.82) is 0 Å². The van der Waals surface area contributed by atoms with Gasteiger partial charge < -0.3 is 24.6 Å². The van der Waals surface area contributed by atoms with Crippen LogP contribution in [0.2, 0.25) is 0 Å². The van der Waals surface area contributed by atoms with Crippen molar-refractivity contribution < 1.29 is 14.0 Å². The third kappa shape index (κ3) is 4.71. The highest BCUT2D eigenvalue weighted by atomic mass is 16.5. The lowest BCUT2D eigenvalue weighted by Crippen LogP contribution is -2.16. The summed E-state index contributed by atoms with van der Waals surface area (Å²) in [7, 11) is 1.60. The van der Waals surface area contributed by atoms with Crippen molar-refractivity contribution in [2.45, 2.75) is 39.5 Å². The molecule has 136 valence electrons. The smallest absolute Gasteiger partial charge is 0.246 e. The fourth-order valence-corrected chi connectivity index (χ4v) is 2.71. The Morgan fingerprint density at radius 3 is 2.84 bits per heavy atom. The normalized spacial score (nSPS) is 14.2. The predicted molar refractivity (Wildman–Crippen MR) is 90.0 cm³/mol. The number of nitrogens with zero attached hydrogens (tertiary/aromatic N) is 4. The first kappa shape index (κ1) is 17.7. The zero-order chi connectivity index (χ0) is 17.5. The van der Waals surface area contributed by atoms with Crippen LogP contribution in [-0.4, -0.2) is 46.9 Å². The van der Waals surface area contributed by atoms with E-state index < -0.39 is 0 Å². The molecule has 0 bridgehead atoms. The average molecular weight is 348 g/mol. The zero-order valence-corrected chi connectivity index (χ0v) is 14.7. The predicted octanol–water partition coefficient (Wildman–Crippen LogP) is 0.843. The van der Waals surface area contributed by atoms with Crippen LogP contribution in [-0.2, 0) is 42.1 Å². The molecule has 25 heavy (non-hydrogen) atoms. The Kier molecular flexibility index (Phi) is 6.26. The molecular weight excluding hydrogens is 324 g/mol. The molecule has 0 atom stereocenters. The molecule has 0 spiro atoms. The quantitative estimate of drug-likeness (QED) is 0.717. The highest BCUT2D eigenvalue weighted by molar-refractivity contribution is 5.47. The van der Waals surface area contributed by atoms with E-state index in [1.54, 1.807) is 7.11 Å². The van der Waals surface area contributed by atoms with Crippen LogP contribution in [0.1, 0.15) is 35.7 Å². The Morgan fingerprint density at radius 1 is 1.12 bits per heavy atom. The van der Waals surface area contributed by atoms with Crippen molar-refractivity contribution in [1.82, 2.24) is 25.4 Å². The lowest BCUT2D eigenvalue weighted by molar-refractivity contribution is 0.128. The van der Waals surface area contributed by atoms with E-state index in [0.717, 1.165) is 43.0 Å². The molecule has 1 aliphatic rings. The molecule has 2 N–H and O–H groups in total. The van der Waals surface area contributed by atoms with Crippen molar-refractivity contribution in [3.8, 4) is 0 Å². The maximum atomic E-state index is 5.47. The van der Waals surface area contributed by atoms with Gasteiger partial charge >= 0.3 is 0 Å². The average Bonchev–Trinajstić information content (AvgIpc) is 2.93. The van der Waals surface area contributed by atoms with E-state index in [1.807, 2.05) is 6.92 Å². The van der Waals surface area contributed by atoms with E-state index in [-0.39, 0.29) is 0 Å². The second-order valence-electron chi connectivity index (χ2n) is 5.69. The van der Waals surface area contributed by atoms with Gasteiger partial charge in [0.25, 0.3) is 0 Å². The van der Waals surface area contributed by atoms with Crippen molar-refractivity contribution in [2.24, 2.45) is 0 Å². The number of rotatable bonds is 8. The van der Waals surface area contributed by atoms with Gasteiger partial charge in [-0.3, -0.25) is 0 Å². The molecule has 0 saturated heterocycles. The van der Waals surface area contributed by atoms with Crippen molar-refractivity contribution >= 4 is 5.82 Å². The second kappa shape index (κ2) is 8.84. The van der Waals surface area contributed by atoms with Crippen LogP contribution in [0.25, 0.3) is 0 Å². The van der Waals surface area contributed by atoms with Gasteiger partial charge in [-0.1, -0.05) is 5.16 Å². The monoisotopic (exact) mass is 348 g/mol. The first-order valence-electron chi connectivity index (χ1n) is 8.51. The standard InChI is InChI=1S/C16H24N6O3/c1-3-24-10-13-19-12-5-7-17-6-4-11(12)16(21-13)18-8-15-20-14(9-23-2)22-25-15/h17H,3-10H2,1-2H3,(H,18,19,21). The molecule has 0 saturated carbocycles. The molecule has 2 aromatic heterocycles. The molecule has 1 aliphatic heterocycles. The number of aromatic nitrogens is 4. The van der Waals surface area contributed by atoms with E-state index >= 15 is 0 Å². The third-order valence-corrected chi connectivity index (χ3v) is 3.86. The highest BCUT2D eigenvalue weighted by Crippen LogP contribution is 2.20. The third-order valence-electron chi connectivity index (χ3n) is 3.86. The number of nitrogens with one attached hydrogen (secondary N) is 2. The lowest BCUT2D eigenvalue weighted by Gasteiger charge is -2.14. The summed E-state index contributed by atoms with van der Waals surface area (Å²) >= 11 is 0. The van der Waals surface area contributed by atoms with Crippen molar-refractivity contribution in [3.63, 3.8) is 0 Å². The zero-order valence-electron chi connectivity index (χ0n) is 14.7. The van der Waals surface area contributed by atoms with Crippen LogP contribution in [0, 0.1) is 0 Å². The Labute approximate surface area is 146 Å². The summed E-state index contributed by atoms with van der Waals surface area (Å²) < 4.78 is 15.7. The van der Waals surface area contributed by atoms with Crippen LogP contribution in [0.3, 0.4) is 0 Å². The van der Waals surface area contributed by atoms with Crippen LogP contribution in [0.4, 0.5) is 5.82 Å². The van der Waals surface area contributed by atoms with Gasteiger partial charge in [-0.25, -0.2) is 9.97 Å². The van der Waals surface area contributed by atoms with E-state index in [0.29, 0.717) is 43.9 Å². The first-order valence-corrected chi connectivity index (χ1v) is 8.51. The minimum absolute atomic E-state index is 0.330. The summed E-state index contributed by atoms with van der Waals surface area (Å²) in [6.07, 6.45) is 1.76. The maximum Gasteiger partial charge on any atom is 0.246 e. The summed E-state index contributed by atoms with van der Waals surface area (Å²) in [6, 6.07) is 0. The molecule has 3 heterocycles. The molecule has 9 nitrogen and oxygen atoms in total. The highest BCUT2D eigenvalue weighted by Gasteiger charge is 2.17. The van der Waals surface area contributed by atoms with Gasteiger partial charge in [-0.15, -0.1) is 0 Å². The fourth-order valence-electron chi connectivity index (χ4n) is 2.71. The van der Waals surface area contributed by atoms with Crippen LogP contribution in [0.15, 0.2) is 4.52 Å². The SMILES string of the molecule is CCOCc1nc2c(c(NCc3nc(COC)no3)n1)CCNCC2. The Balaban J connectivity index is 1.77. The Morgan fingerprint density at radius 2 is 2.00 bits per heavy atom. The largest absolute Gasteiger partial charge is 0.377 e. The van der Waals surface area contributed by atoms with Gasteiger partial charge in [0.2, 0.25) is 5.89 Å². The fraction of sp³-hybridized carbons (Fsp3) is 0.625. The van der Waals surface area contributed by atoms with Crippen LogP contribution < -0.4 is 10.6 Å². The summed E-state index contributed by atoms with van der Waals surface area (Å²) in [6.45, 7) is 5.56. The molecule has 3 rings (SSSR count). The summed E-state index contributed by atoms with van der Waals surface area (Å²) in [5.41, 5.74) is 2.21.